The van der Waals surface area contributed by atoms with E-state index in [1.54, 1.807) is 0 Å². The number of hydrogen-bond acceptors (Lipinski definition) is 3. The quantitative estimate of drug-likeness (QED) is 0.602. The first-order valence-electron chi connectivity index (χ1n) is 11.4. The van der Waals surface area contributed by atoms with Crippen LogP contribution in [0.3, 0.4) is 0 Å². The van der Waals surface area contributed by atoms with E-state index in [0.717, 1.165) is 49.3 Å². The van der Waals surface area contributed by atoms with Gasteiger partial charge in [-0.2, -0.15) is 0 Å². The van der Waals surface area contributed by atoms with Crippen molar-refractivity contribution in [3.05, 3.63) is 30.1 Å². The molecule has 0 spiro atoms. The van der Waals surface area contributed by atoms with E-state index in [2.05, 4.69) is 49.3 Å². The van der Waals surface area contributed by atoms with E-state index in [1.807, 2.05) is 17.0 Å². The van der Waals surface area contributed by atoms with Gasteiger partial charge in [-0.1, -0.05) is 39.8 Å². The minimum Gasteiger partial charge on any atom is -0.341 e. The van der Waals surface area contributed by atoms with E-state index in [9.17, 15) is 4.79 Å². The second-order valence-electron chi connectivity index (χ2n) is 9.34. The van der Waals surface area contributed by atoms with Crippen LogP contribution in [0.1, 0.15) is 52.8 Å². The molecule has 1 aliphatic heterocycles. The number of nitrogens with zero attached hydrogens (tertiary/aromatic N) is 4. The average Bonchev–Trinajstić information content (AvgIpc) is 3.29. The number of rotatable bonds is 10. The molecule has 0 unspecified atom stereocenters. The van der Waals surface area contributed by atoms with Crippen molar-refractivity contribution >= 4 is 16.9 Å². The molecular weight excluding hydrogens is 360 g/mol. The van der Waals surface area contributed by atoms with Crippen LogP contribution >= 0.6 is 0 Å². The fourth-order valence-electron chi connectivity index (χ4n) is 4.35. The Bertz CT molecular complexity index is 779. The summed E-state index contributed by atoms with van der Waals surface area (Å²) in [7, 11) is 0. The SMILES string of the molecule is CC(C)CN(CC(C)C)C(=O)Cn1c(CCCN2CCCC2)nc2ccccc21. The van der Waals surface area contributed by atoms with E-state index in [4.69, 9.17) is 4.98 Å². The third-order valence-electron chi connectivity index (χ3n) is 5.62. The molecule has 3 rings (SSSR count). The van der Waals surface area contributed by atoms with Crippen LogP contribution in [-0.2, 0) is 17.8 Å². The Balaban J connectivity index is 1.75. The van der Waals surface area contributed by atoms with Crippen molar-refractivity contribution in [2.45, 2.75) is 59.9 Å². The molecule has 1 fully saturated rings. The maximum Gasteiger partial charge on any atom is 0.242 e. The van der Waals surface area contributed by atoms with Crippen LogP contribution in [0.4, 0.5) is 0 Å². The van der Waals surface area contributed by atoms with Gasteiger partial charge >= 0.3 is 0 Å². The van der Waals surface area contributed by atoms with Gasteiger partial charge in [0.2, 0.25) is 5.91 Å². The maximum absolute atomic E-state index is 13.2. The second-order valence-corrected chi connectivity index (χ2v) is 9.34. The monoisotopic (exact) mass is 398 g/mol. The zero-order valence-electron chi connectivity index (χ0n) is 18.7. The molecule has 0 saturated carbocycles. The topological polar surface area (TPSA) is 41.4 Å². The van der Waals surface area contributed by atoms with Gasteiger partial charge in [-0.3, -0.25) is 4.79 Å². The molecule has 5 nitrogen and oxygen atoms in total. The van der Waals surface area contributed by atoms with Crippen molar-refractivity contribution in [3.63, 3.8) is 0 Å². The predicted octanol–water partition coefficient (Wildman–Crippen LogP) is 4.21. The highest BCUT2D eigenvalue weighted by atomic mass is 16.2. The molecule has 1 amide bonds. The number of hydrogen-bond donors (Lipinski definition) is 0. The fraction of sp³-hybridized carbons (Fsp3) is 0.667. The summed E-state index contributed by atoms with van der Waals surface area (Å²) in [5.41, 5.74) is 2.07. The number of likely N-dealkylation sites (tertiary alicyclic amines) is 1. The van der Waals surface area contributed by atoms with Crippen LogP contribution in [0.2, 0.25) is 0 Å². The van der Waals surface area contributed by atoms with E-state index in [1.165, 1.54) is 25.9 Å². The first kappa shape index (κ1) is 21.8. The summed E-state index contributed by atoms with van der Waals surface area (Å²) in [6, 6.07) is 8.22. The fourth-order valence-corrected chi connectivity index (χ4v) is 4.35. The molecule has 1 aliphatic rings. The van der Waals surface area contributed by atoms with Crippen LogP contribution in [0.25, 0.3) is 11.0 Å². The maximum atomic E-state index is 13.2. The predicted molar refractivity (Wildman–Crippen MR) is 120 cm³/mol. The Morgan fingerprint density at radius 2 is 1.72 bits per heavy atom. The zero-order valence-corrected chi connectivity index (χ0v) is 18.7. The first-order valence-corrected chi connectivity index (χ1v) is 11.4. The first-order chi connectivity index (χ1) is 13.9. The molecule has 0 radical (unpaired) electrons. The zero-order chi connectivity index (χ0) is 20.8. The Morgan fingerprint density at radius 3 is 2.38 bits per heavy atom. The average molecular weight is 399 g/mol. The van der Waals surface area contributed by atoms with Crippen molar-refractivity contribution in [1.82, 2.24) is 19.4 Å². The minimum absolute atomic E-state index is 0.205. The minimum atomic E-state index is 0.205. The Morgan fingerprint density at radius 1 is 1.07 bits per heavy atom. The van der Waals surface area contributed by atoms with Crippen molar-refractivity contribution in [2.24, 2.45) is 11.8 Å². The molecule has 0 N–H and O–H groups in total. The van der Waals surface area contributed by atoms with E-state index in [0.29, 0.717) is 18.4 Å². The van der Waals surface area contributed by atoms with Gasteiger partial charge in [0.05, 0.1) is 11.0 Å². The van der Waals surface area contributed by atoms with Gasteiger partial charge in [-0.25, -0.2) is 4.98 Å². The number of amides is 1. The summed E-state index contributed by atoms with van der Waals surface area (Å²) in [5, 5.41) is 0. The van der Waals surface area contributed by atoms with Gasteiger partial charge in [0, 0.05) is 19.5 Å². The largest absolute Gasteiger partial charge is 0.341 e. The normalized spacial score (nSPS) is 15.1. The van der Waals surface area contributed by atoms with Gasteiger partial charge in [-0.15, -0.1) is 0 Å². The molecule has 0 bridgehead atoms. The van der Waals surface area contributed by atoms with E-state index < -0.39 is 0 Å². The van der Waals surface area contributed by atoms with Gasteiger partial charge in [0.25, 0.3) is 0 Å². The molecule has 1 aromatic carbocycles. The molecule has 160 valence electrons. The second kappa shape index (κ2) is 10.2. The van der Waals surface area contributed by atoms with Crippen molar-refractivity contribution in [1.29, 1.82) is 0 Å². The lowest BCUT2D eigenvalue weighted by molar-refractivity contribution is -0.132. The Kier molecular flexibility index (Phi) is 7.70. The number of carbonyl (C=O) groups excluding carboxylic acids is 1. The molecule has 29 heavy (non-hydrogen) atoms. The molecule has 0 atom stereocenters. The molecule has 1 saturated heterocycles. The van der Waals surface area contributed by atoms with Crippen LogP contribution in [-0.4, -0.2) is 58.0 Å². The summed E-state index contributed by atoms with van der Waals surface area (Å²) >= 11 is 0. The summed E-state index contributed by atoms with van der Waals surface area (Å²) in [4.78, 5) is 22.7. The molecule has 0 aliphatic carbocycles. The molecule has 5 heteroatoms. The highest BCUT2D eigenvalue weighted by molar-refractivity contribution is 5.81. The lowest BCUT2D eigenvalue weighted by Crippen LogP contribution is -2.39. The Hall–Kier alpha value is -1.88. The lowest BCUT2D eigenvalue weighted by atomic mass is 10.1. The molecule has 1 aromatic heterocycles. The van der Waals surface area contributed by atoms with Gasteiger partial charge in [0.15, 0.2) is 0 Å². The van der Waals surface area contributed by atoms with Crippen molar-refractivity contribution in [2.75, 3.05) is 32.7 Å². The van der Waals surface area contributed by atoms with Gasteiger partial charge in [-0.05, 0) is 62.9 Å². The highest BCUT2D eigenvalue weighted by Crippen LogP contribution is 2.19. The summed E-state index contributed by atoms with van der Waals surface area (Å²) in [6.45, 7) is 14.3. The number of aromatic nitrogens is 2. The number of fused-ring (bicyclic) bond motifs is 1. The number of imidazole rings is 1. The van der Waals surface area contributed by atoms with Crippen molar-refractivity contribution < 1.29 is 4.79 Å². The number of benzene rings is 1. The number of aryl methyl sites for hydroxylation is 1. The molecular formula is C24H38N4O. The highest BCUT2D eigenvalue weighted by Gasteiger charge is 2.20. The number of carbonyl (C=O) groups is 1. The van der Waals surface area contributed by atoms with Crippen LogP contribution in [0, 0.1) is 11.8 Å². The van der Waals surface area contributed by atoms with E-state index >= 15 is 0 Å². The lowest BCUT2D eigenvalue weighted by Gasteiger charge is -2.27. The Labute approximate surface area is 176 Å². The third kappa shape index (κ3) is 6.05. The summed E-state index contributed by atoms with van der Waals surface area (Å²) in [5.74, 6) is 2.19. The van der Waals surface area contributed by atoms with Gasteiger partial charge in [0.1, 0.15) is 12.4 Å². The van der Waals surface area contributed by atoms with Crippen LogP contribution in [0.5, 0.6) is 0 Å². The van der Waals surface area contributed by atoms with Gasteiger partial charge < -0.3 is 14.4 Å². The molecule has 2 heterocycles. The van der Waals surface area contributed by atoms with E-state index in [-0.39, 0.29) is 5.91 Å². The smallest absolute Gasteiger partial charge is 0.242 e. The number of para-hydroxylation sites is 2. The standard InChI is InChI=1S/C24H38N4O/c1-19(2)16-27(17-20(3)4)24(29)18-28-22-11-6-5-10-21(22)25-23(28)12-9-15-26-13-7-8-14-26/h5-6,10-11,19-20H,7-9,12-18H2,1-4H3. The summed E-state index contributed by atoms with van der Waals surface area (Å²) < 4.78 is 2.16. The van der Waals surface area contributed by atoms with Crippen LogP contribution < -0.4 is 0 Å². The molecule has 2 aromatic rings. The van der Waals surface area contributed by atoms with Crippen molar-refractivity contribution in [3.8, 4) is 0 Å². The summed E-state index contributed by atoms with van der Waals surface area (Å²) in [6.07, 6.45) is 4.68. The van der Waals surface area contributed by atoms with Crippen LogP contribution in [0.15, 0.2) is 24.3 Å². The third-order valence-corrected chi connectivity index (χ3v) is 5.62.